The number of aliphatic hydroxyl groups is 3. The molecule has 2 aromatic heterocycles. The van der Waals surface area contributed by atoms with Crippen LogP contribution >= 0.6 is 22.9 Å². The maximum absolute atomic E-state index is 14.1. The summed E-state index contributed by atoms with van der Waals surface area (Å²) < 4.78 is 15.0. The van der Waals surface area contributed by atoms with E-state index in [1.54, 1.807) is 18.2 Å². The van der Waals surface area contributed by atoms with Crippen LogP contribution in [0.3, 0.4) is 0 Å². The highest BCUT2D eigenvalue weighted by Crippen LogP contribution is 2.40. The summed E-state index contributed by atoms with van der Waals surface area (Å²) in [7, 11) is 0. The third-order valence-electron chi connectivity index (χ3n) is 6.13. The summed E-state index contributed by atoms with van der Waals surface area (Å²) in [5.41, 5.74) is 1.70. The van der Waals surface area contributed by atoms with Crippen molar-refractivity contribution in [3.63, 3.8) is 0 Å². The van der Waals surface area contributed by atoms with Gasteiger partial charge in [-0.3, -0.25) is 0 Å². The van der Waals surface area contributed by atoms with Gasteiger partial charge in [0.05, 0.1) is 27.9 Å². The standard InChI is InChI=1S/C24H23ClFN5O3S/c25-21-18(23-29-15-7-3-4-8-17(15)35-23)22(28-16-9-13(11-32)19(33)20(16)34)31-24(30-21)27-10-12-5-1-2-6-14(12)26/h1-8,13,16,19-20,32-34H,9-11H2,(H2,27,28,30,31)/t13-,16-,19-,20+/m1/s1. The maximum atomic E-state index is 14.1. The number of thiazole rings is 1. The number of nitrogens with zero attached hydrogens (tertiary/aromatic N) is 3. The van der Waals surface area contributed by atoms with Crippen molar-refractivity contribution in [2.24, 2.45) is 5.92 Å². The van der Waals surface area contributed by atoms with Gasteiger partial charge in [-0.2, -0.15) is 4.98 Å². The van der Waals surface area contributed by atoms with Crippen LogP contribution in [-0.4, -0.2) is 55.1 Å². The van der Waals surface area contributed by atoms with Crippen molar-refractivity contribution in [1.29, 1.82) is 0 Å². The number of halogens is 2. The summed E-state index contributed by atoms with van der Waals surface area (Å²) in [6.07, 6.45) is -1.85. The highest BCUT2D eigenvalue weighted by atomic mass is 35.5. The van der Waals surface area contributed by atoms with Crippen molar-refractivity contribution in [3.05, 3.63) is 65.1 Å². The van der Waals surface area contributed by atoms with Crippen LogP contribution in [0, 0.1) is 11.7 Å². The Bertz CT molecular complexity index is 1320. The van der Waals surface area contributed by atoms with Crippen molar-refractivity contribution in [3.8, 4) is 10.6 Å². The van der Waals surface area contributed by atoms with E-state index in [-0.39, 0.29) is 30.1 Å². The molecule has 8 nitrogen and oxygen atoms in total. The molecule has 0 amide bonds. The van der Waals surface area contributed by atoms with Gasteiger partial charge in [-0.15, -0.1) is 11.3 Å². The molecular formula is C24H23ClFN5O3S. The van der Waals surface area contributed by atoms with E-state index in [1.807, 2.05) is 24.3 Å². The molecule has 5 rings (SSSR count). The summed E-state index contributed by atoms with van der Waals surface area (Å²) in [5, 5.41) is 37.3. The fourth-order valence-corrected chi connectivity index (χ4v) is 5.55. The van der Waals surface area contributed by atoms with E-state index in [1.165, 1.54) is 17.4 Å². The Morgan fingerprint density at radius 2 is 1.80 bits per heavy atom. The summed E-state index contributed by atoms with van der Waals surface area (Å²) in [5.74, 6) is -0.342. The SMILES string of the molecule is OC[C@H]1C[C@@H](Nc2nc(NCc3ccccc3F)nc(Cl)c2-c2nc3ccccc3s2)[C@H](O)[C@@H]1O. The Kier molecular flexibility index (Phi) is 6.81. The number of anilines is 2. The van der Waals surface area contributed by atoms with Gasteiger partial charge in [0.2, 0.25) is 5.95 Å². The van der Waals surface area contributed by atoms with Gasteiger partial charge in [0.15, 0.2) is 0 Å². The molecule has 2 aromatic carbocycles. The molecule has 2 heterocycles. The minimum absolute atomic E-state index is 0.129. The number of hydrogen-bond acceptors (Lipinski definition) is 9. The van der Waals surface area contributed by atoms with Crippen LogP contribution in [-0.2, 0) is 6.54 Å². The normalized spacial score (nSPS) is 22.0. The first-order valence-electron chi connectivity index (χ1n) is 11.1. The Labute approximate surface area is 209 Å². The summed E-state index contributed by atoms with van der Waals surface area (Å²) in [6, 6.07) is 13.5. The predicted octanol–water partition coefficient (Wildman–Crippen LogP) is 3.67. The number of para-hydroxylation sites is 1. The number of nitrogens with one attached hydrogen (secondary N) is 2. The van der Waals surface area contributed by atoms with Crippen LogP contribution in [0.2, 0.25) is 5.15 Å². The molecule has 35 heavy (non-hydrogen) atoms. The molecule has 4 aromatic rings. The number of aliphatic hydroxyl groups excluding tert-OH is 3. The zero-order chi connectivity index (χ0) is 24.5. The molecule has 5 N–H and O–H groups in total. The predicted molar refractivity (Wildman–Crippen MR) is 134 cm³/mol. The van der Waals surface area contributed by atoms with Crippen LogP contribution < -0.4 is 10.6 Å². The molecule has 0 bridgehead atoms. The first kappa shape index (κ1) is 23.8. The molecule has 1 fully saturated rings. The van der Waals surface area contributed by atoms with Crippen molar-refractivity contribution < 1.29 is 19.7 Å². The third kappa shape index (κ3) is 4.80. The summed E-state index contributed by atoms with van der Waals surface area (Å²) >= 11 is 8.05. The average Bonchev–Trinajstić information content (AvgIpc) is 3.39. The smallest absolute Gasteiger partial charge is 0.226 e. The lowest BCUT2D eigenvalue weighted by molar-refractivity contribution is 0.00446. The monoisotopic (exact) mass is 515 g/mol. The van der Waals surface area contributed by atoms with E-state index in [2.05, 4.69) is 25.6 Å². The van der Waals surface area contributed by atoms with Crippen molar-refractivity contribution >= 4 is 44.9 Å². The summed E-state index contributed by atoms with van der Waals surface area (Å²) in [6.45, 7) is -0.110. The molecule has 0 aliphatic heterocycles. The van der Waals surface area contributed by atoms with Gasteiger partial charge in [-0.25, -0.2) is 14.4 Å². The van der Waals surface area contributed by atoms with E-state index in [9.17, 15) is 19.7 Å². The molecule has 4 atom stereocenters. The minimum Gasteiger partial charge on any atom is -0.396 e. The van der Waals surface area contributed by atoms with Crippen LogP contribution in [0.4, 0.5) is 16.2 Å². The van der Waals surface area contributed by atoms with Gasteiger partial charge in [0.25, 0.3) is 0 Å². The Hall–Kier alpha value is -2.89. The van der Waals surface area contributed by atoms with Crippen LogP contribution in [0.5, 0.6) is 0 Å². The lowest BCUT2D eigenvalue weighted by atomic mass is 10.1. The molecule has 1 saturated carbocycles. The molecule has 0 spiro atoms. The van der Waals surface area contributed by atoms with Gasteiger partial charge in [0.1, 0.15) is 27.9 Å². The minimum atomic E-state index is -1.11. The quantitative estimate of drug-likeness (QED) is 0.236. The van der Waals surface area contributed by atoms with Gasteiger partial charge >= 0.3 is 0 Å². The first-order valence-corrected chi connectivity index (χ1v) is 12.3. The number of rotatable bonds is 7. The van der Waals surface area contributed by atoms with Crippen LogP contribution in [0.25, 0.3) is 20.8 Å². The molecule has 0 saturated heterocycles. The molecule has 1 aliphatic carbocycles. The van der Waals surface area contributed by atoms with E-state index < -0.39 is 24.2 Å². The fraction of sp³-hybridized carbons (Fsp3) is 0.292. The van der Waals surface area contributed by atoms with Crippen LogP contribution in [0.1, 0.15) is 12.0 Å². The zero-order valence-corrected chi connectivity index (χ0v) is 20.0. The molecule has 1 aliphatic rings. The molecule has 182 valence electrons. The highest BCUT2D eigenvalue weighted by molar-refractivity contribution is 7.21. The van der Waals surface area contributed by atoms with Gasteiger partial charge in [-0.1, -0.05) is 41.9 Å². The van der Waals surface area contributed by atoms with Gasteiger partial charge in [-0.05, 0) is 24.6 Å². The zero-order valence-electron chi connectivity index (χ0n) is 18.4. The van der Waals surface area contributed by atoms with E-state index in [4.69, 9.17) is 11.6 Å². The highest BCUT2D eigenvalue weighted by Gasteiger charge is 2.41. The van der Waals surface area contributed by atoms with E-state index >= 15 is 0 Å². The average molecular weight is 516 g/mol. The lowest BCUT2D eigenvalue weighted by Crippen LogP contribution is -2.35. The third-order valence-corrected chi connectivity index (χ3v) is 7.45. The van der Waals surface area contributed by atoms with E-state index in [0.717, 1.165) is 10.2 Å². The summed E-state index contributed by atoms with van der Waals surface area (Å²) in [4.78, 5) is 13.6. The van der Waals surface area contributed by atoms with Gasteiger partial charge < -0.3 is 26.0 Å². The first-order chi connectivity index (χ1) is 16.9. The number of fused-ring (bicyclic) bond motifs is 1. The lowest BCUT2D eigenvalue weighted by Gasteiger charge is -2.21. The van der Waals surface area contributed by atoms with Crippen molar-refractivity contribution in [2.75, 3.05) is 17.2 Å². The molecular weight excluding hydrogens is 493 g/mol. The van der Waals surface area contributed by atoms with Crippen molar-refractivity contribution in [1.82, 2.24) is 15.0 Å². The largest absolute Gasteiger partial charge is 0.396 e. The second kappa shape index (κ2) is 10.00. The second-order valence-electron chi connectivity index (χ2n) is 8.40. The van der Waals surface area contributed by atoms with Crippen LogP contribution in [0.15, 0.2) is 48.5 Å². The molecule has 0 radical (unpaired) electrons. The Morgan fingerprint density at radius 3 is 2.54 bits per heavy atom. The Morgan fingerprint density at radius 1 is 1.03 bits per heavy atom. The van der Waals surface area contributed by atoms with Gasteiger partial charge in [0, 0.05) is 24.6 Å². The molecule has 0 unspecified atom stereocenters. The number of benzene rings is 2. The fourth-order valence-electron chi connectivity index (χ4n) is 4.23. The number of aromatic nitrogens is 3. The molecule has 11 heteroatoms. The topological polar surface area (TPSA) is 123 Å². The van der Waals surface area contributed by atoms with Crippen molar-refractivity contribution in [2.45, 2.75) is 31.2 Å². The van der Waals surface area contributed by atoms with E-state index in [0.29, 0.717) is 28.4 Å². The Balaban J connectivity index is 1.52. The maximum Gasteiger partial charge on any atom is 0.226 e. The number of hydrogen-bond donors (Lipinski definition) is 5. The second-order valence-corrected chi connectivity index (χ2v) is 9.79.